The minimum absolute atomic E-state index is 0.0971. The highest BCUT2D eigenvalue weighted by Gasteiger charge is 2.16. The minimum atomic E-state index is -0.0971. The van der Waals surface area contributed by atoms with Crippen LogP contribution in [-0.4, -0.2) is 37.2 Å². The number of rotatable bonds is 5. The Morgan fingerprint density at radius 3 is 3.28 bits per heavy atom. The third-order valence-corrected chi connectivity index (χ3v) is 3.86. The summed E-state index contributed by atoms with van der Waals surface area (Å²) < 4.78 is 5.38. The fraction of sp³-hybridized carbons (Fsp3) is 0.667. The Labute approximate surface area is 111 Å². The maximum atomic E-state index is 11.9. The Kier molecular flexibility index (Phi) is 5.10. The predicted molar refractivity (Wildman–Crippen MR) is 70.7 cm³/mol. The topological polar surface area (TPSA) is 77.2 Å². The maximum Gasteiger partial charge on any atom is 0.270 e. The van der Waals surface area contributed by atoms with Gasteiger partial charge in [0.2, 0.25) is 0 Å². The van der Waals surface area contributed by atoms with Crippen LogP contribution >= 0.6 is 11.3 Å². The van der Waals surface area contributed by atoms with E-state index in [0.29, 0.717) is 24.7 Å². The molecule has 18 heavy (non-hydrogen) atoms. The molecule has 1 aliphatic rings. The van der Waals surface area contributed by atoms with Crippen LogP contribution in [0.25, 0.3) is 0 Å². The SMILES string of the molecule is NCCc1nc(C(=O)NCC2CCCOC2)cs1. The van der Waals surface area contributed by atoms with Crippen LogP contribution in [0, 0.1) is 5.92 Å². The van der Waals surface area contributed by atoms with Crippen LogP contribution in [0.2, 0.25) is 0 Å². The lowest BCUT2D eigenvalue weighted by Crippen LogP contribution is -2.33. The second-order valence-corrected chi connectivity index (χ2v) is 5.40. The Morgan fingerprint density at radius 2 is 2.56 bits per heavy atom. The fourth-order valence-electron chi connectivity index (χ4n) is 1.95. The van der Waals surface area contributed by atoms with Gasteiger partial charge in [0, 0.05) is 25.0 Å². The van der Waals surface area contributed by atoms with Crippen molar-refractivity contribution in [1.82, 2.24) is 10.3 Å². The number of amides is 1. The summed E-state index contributed by atoms with van der Waals surface area (Å²) in [6.45, 7) is 2.82. The van der Waals surface area contributed by atoms with E-state index in [1.54, 1.807) is 5.38 Å². The van der Waals surface area contributed by atoms with Gasteiger partial charge in [0.1, 0.15) is 5.69 Å². The van der Waals surface area contributed by atoms with Gasteiger partial charge in [0.05, 0.1) is 11.6 Å². The lowest BCUT2D eigenvalue weighted by Gasteiger charge is -2.21. The van der Waals surface area contributed by atoms with E-state index in [9.17, 15) is 4.79 Å². The summed E-state index contributed by atoms with van der Waals surface area (Å²) >= 11 is 1.49. The number of nitrogens with zero attached hydrogens (tertiary/aromatic N) is 1. The molecule has 1 amide bonds. The molecular weight excluding hydrogens is 250 g/mol. The molecule has 5 nitrogen and oxygen atoms in total. The first-order valence-electron chi connectivity index (χ1n) is 6.30. The first-order valence-corrected chi connectivity index (χ1v) is 7.18. The van der Waals surface area contributed by atoms with Crippen molar-refractivity contribution < 1.29 is 9.53 Å². The van der Waals surface area contributed by atoms with Crippen molar-refractivity contribution in [2.24, 2.45) is 11.7 Å². The third-order valence-electron chi connectivity index (χ3n) is 2.95. The Balaban J connectivity index is 1.79. The average Bonchev–Trinajstić information content (AvgIpc) is 2.86. The number of thiazole rings is 1. The van der Waals surface area contributed by atoms with Crippen molar-refractivity contribution in [3.63, 3.8) is 0 Å². The second-order valence-electron chi connectivity index (χ2n) is 4.46. The molecule has 0 aliphatic carbocycles. The van der Waals surface area contributed by atoms with Gasteiger partial charge in [-0.25, -0.2) is 4.98 Å². The smallest absolute Gasteiger partial charge is 0.270 e. The van der Waals surface area contributed by atoms with E-state index in [2.05, 4.69) is 10.3 Å². The zero-order chi connectivity index (χ0) is 12.8. The summed E-state index contributed by atoms with van der Waals surface area (Å²) in [6, 6.07) is 0. The predicted octanol–water partition coefficient (Wildman–Crippen LogP) is 0.801. The first-order chi connectivity index (χ1) is 8.79. The third kappa shape index (κ3) is 3.76. The Hall–Kier alpha value is -0.980. The molecule has 1 saturated heterocycles. The van der Waals surface area contributed by atoms with Crippen molar-refractivity contribution in [1.29, 1.82) is 0 Å². The summed E-state index contributed by atoms with van der Waals surface area (Å²) in [5, 5.41) is 5.63. The monoisotopic (exact) mass is 269 g/mol. The van der Waals surface area contributed by atoms with Crippen molar-refractivity contribution in [2.45, 2.75) is 19.3 Å². The zero-order valence-corrected chi connectivity index (χ0v) is 11.2. The molecule has 1 aromatic rings. The molecule has 1 aliphatic heterocycles. The van der Waals surface area contributed by atoms with Crippen LogP contribution in [0.3, 0.4) is 0 Å². The number of hydrogen-bond acceptors (Lipinski definition) is 5. The normalized spacial score (nSPS) is 19.7. The lowest BCUT2D eigenvalue weighted by atomic mass is 10.0. The minimum Gasteiger partial charge on any atom is -0.381 e. The van der Waals surface area contributed by atoms with Crippen molar-refractivity contribution >= 4 is 17.2 Å². The molecule has 100 valence electrons. The number of hydrogen-bond donors (Lipinski definition) is 2. The second kappa shape index (κ2) is 6.82. The molecular formula is C12H19N3O2S. The maximum absolute atomic E-state index is 11.9. The average molecular weight is 269 g/mol. The molecule has 1 fully saturated rings. The molecule has 1 atom stereocenters. The molecule has 0 bridgehead atoms. The van der Waals surface area contributed by atoms with Crippen LogP contribution in [0.5, 0.6) is 0 Å². The van der Waals surface area contributed by atoms with Crippen LogP contribution in [0.15, 0.2) is 5.38 Å². The highest BCUT2D eigenvalue weighted by Crippen LogP contribution is 2.13. The molecule has 0 radical (unpaired) electrons. The number of carbonyl (C=O) groups excluding carboxylic acids is 1. The van der Waals surface area contributed by atoms with Crippen LogP contribution < -0.4 is 11.1 Å². The molecule has 2 rings (SSSR count). The zero-order valence-electron chi connectivity index (χ0n) is 10.4. The van der Waals surface area contributed by atoms with Crippen LogP contribution in [0.1, 0.15) is 28.3 Å². The standard InChI is InChI=1S/C12H19N3O2S/c13-4-3-11-15-10(8-18-11)12(16)14-6-9-2-1-5-17-7-9/h8-9H,1-7,13H2,(H,14,16). The molecule has 0 spiro atoms. The van der Waals surface area contributed by atoms with Gasteiger partial charge in [-0.3, -0.25) is 4.79 Å². The largest absolute Gasteiger partial charge is 0.381 e. The van der Waals surface area contributed by atoms with Gasteiger partial charge >= 0.3 is 0 Å². The van der Waals surface area contributed by atoms with Gasteiger partial charge in [-0.05, 0) is 25.3 Å². The number of nitrogens with two attached hydrogens (primary N) is 1. The van der Waals surface area contributed by atoms with Gasteiger partial charge in [-0.1, -0.05) is 0 Å². The molecule has 1 unspecified atom stereocenters. The van der Waals surface area contributed by atoms with Gasteiger partial charge in [-0.2, -0.15) is 0 Å². The molecule has 0 aromatic carbocycles. The van der Waals surface area contributed by atoms with E-state index >= 15 is 0 Å². The van der Waals surface area contributed by atoms with E-state index in [0.717, 1.165) is 37.5 Å². The lowest BCUT2D eigenvalue weighted by molar-refractivity contribution is 0.0536. The molecule has 2 heterocycles. The summed E-state index contributed by atoms with van der Waals surface area (Å²) in [4.78, 5) is 16.1. The quantitative estimate of drug-likeness (QED) is 0.829. The number of carbonyl (C=O) groups is 1. The first kappa shape index (κ1) is 13.5. The molecule has 3 N–H and O–H groups in total. The Morgan fingerprint density at radius 1 is 1.67 bits per heavy atom. The van der Waals surface area contributed by atoms with E-state index in [-0.39, 0.29) is 5.91 Å². The van der Waals surface area contributed by atoms with Crippen molar-refractivity contribution in [2.75, 3.05) is 26.3 Å². The van der Waals surface area contributed by atoms with Gasteiger partial charge in [0.15, 0.2) is 0 Å². The van der Waals surface area contributed by atoms with Crippen LogP contribution in [-0.2, 0) is 11.2 Å². The van der Waals surface area contributed by atoms with E-state index in [1.165, 1.54) is 11.3 Å². The number of ether oxygens (including phenoxy) is 1. The van der Waals surface area contributed by atoms with E-state index in [1.807, 2.05) is 0 Å². The molecule has 6 heteroatoms. The van der Waals surface area contributed by atoms with Crippen LogP contribution in [0.4, 0.5) is 0 Å². The number of nitrogens with one attached hydrogen (secondary N) is 1. The Bertz CT molecular complexity index is 388. The highest BCUT2D eigenvalue weighted by molar-refractivity contribution is 7.09. The summed E-state index contributed by atoms with van der Waals surface area (Å²) in [7, 11) is 0. The van der Waals surface area contributed by atoms with Crippen molar-refractivity contribution in [3.05, 3.63) is 16.1 Å². The van der Waals surface area contributed by atoms with E-state index in [4.69, 9.17) is 10.5 Å². The highest BCUT2D eigenvalue weighted by atomic mass is 32.1. The molecule has 1 aromatic heterocycles. The molecule has 0 saturated carbocycles. The summed E-state index contributed by atoms with van der Waals surface area (Å²) in [6.07, 6.45) is 2.93. The summed E-state index contributed by atoms with van der Waals surface area (Å²) in [5.74, 6) is 0.338. The van der Waals surface area contributed by atoms with Gasteiger partial charge in [0.25, 0.3) is 5.91 Å². The summed E-state index contributed by atoms with van der Waals surface area (Å²) in [5.41, 5.74) is 5.95. The van der Waals surface area contributed by atoms with Gasteiger partial charge in [-0.15, -0.1) is 11.3 Å². The van der Waals surface area contributed by atoms with Crippen molar-refractivity contribution in [3.8, 4) is 0 Å². The fourth-order valence-corrected chi connectivity index (χ4v) is 2.74. The van der Waals surface area contributed by atoms with Gasteiger partial charge < -0.3 is 15.8 Å². The number of aromatic nitrogens is 1. The van der Waals surface area contributed by atoms with E-state index < -0.39 is 0 Å².